The van der Waals surface area contributed by atoms with Crippen LogP contribution in [0.4, 0.5) is 8.78 Å². The van der Waals surface area contributed by atoms with Crippen LogP contribution in [0.1, 0.15) is 41.9 Å². The number of hydrogen-bond acceptors (Lipinski definition) is 4. The predicted octanol–water partition coefficient (Wildman–Crippen LogP) is 4.79. The zero-order valence-corrected chi connectivity index (χ0v) is 15.4. The molecular weight excluding hydrogens is 368 g/mol. The van der Waals surface area contributed by atoms with E-state index in [0.717, 1.165) is 54.3 Å². The molecule has 1 aliphatic carbocycles. The van der Waals surface area contributed by atoms with Crippen molar-refractivity contribution in [3.63, 3.8) is 0 Å². The van der Waals surface area contributed by atoms with Crippen LogP contribution in [0.2, 0.25) is 0 Å². The van der Waals surface area contributed by atoms with Crippen molar-refractivity contribution in [1.82, 2.24) is 14.8 Å². The number of carbonyl (C=O) groups is 1. The fraction of sp³-hybridized carbons (Fsp3) is 0.250. The molecular formula is C20H17F2N3OS. The number of halogens is 2. The van der Waals surface area contributed by atoms with E-state index in [1.54, 1.807) is 11.6 Å². The lowest BCUT2D eigenvalue weighted by Crippen LogP contribution is -2.15. The Labute approximate surface area is 159 Å². The van der Waals surface area contributed by atoms with Gasteiger partial charge in [-0.25, -0.2) is 18.4 Å². The molecule has 138 valence electrons. The van der Waals surface area contributed by atoms with E-state index in [0.29, 0.717) is 11.1 Å². The zero-order chi connectivity index (χ0) is 19.0. The largest absolute Gasteiger partial charge is 0.293 e. The molecule has 0 bridgehead atoms. The molecule has 0 radical (unpaired) electrons. The van der Waals surface area contributed by atoms with Gasteiger partial charge in [0.15, 0.2) is 5.78 Å². The SMILES string of the molecule is CC(Sc1nc(C2CC2)n(-c2ccccc2)n1)C(=O)c1cc(F)ccc1F. The Morgan fingerprint density at radius 3 is 2.63 bits per heavy atom. The van der Waals surface area contributed by atoms with Crippen molar-refractivity contribution in [3.8, 4) is 5.69 Å². The molecule has 2 aromatic carbocycles. The summed E-state index contributed by atoms with van der Waals surface area (Å²) in [5.41, 5.74) is 0.661. The summed E-state index contributed by atoms with van der Waals surface area (Å²) in [6.07, 6.45) is 2.14. The monoisotopic (exact) mass is 385 g/mol. The van der Waals surface area contributed by atoms with Crippen LogP contribution in [0.15, 0.2) is 53.7 Å². The van der Waals surface area contributed by atoms with Gasteiger partial charge in [-0.05, 0) is 50.1 Å². The van der Waals surface area contributed by atoms with Gasteiger partial charge in [0.05, 0.1) is 16.5 Å². The van der Waals surface area contributed by atoms with E-state index in [-0.39, 0.29) is 5.56 Å². The van der Waals surface area contributed by atoms with Crippen molar-refractivity contribution in [2.24, 2.45) is 0 Å². The molecule has 0 spiro atoms. The van der Waals surface area contributed by atoms with E-state index in [2.05, 4.69) is 10.1 Å². The molecule has 0 saturated heterocycles. The summed E-state index contributed by atoms with van der Waals surface area (Å²) < 4.78 is 29.1. The first kappa shape index (κ1) is 17.9. The minimum atomic E-state index is -0.727. The van der Waals surface area contributed by atoms with Crippen LogP contribution >= 0.6 is 11.8 Å². The Bertz CT molecular complexity index is 986. The molecule has 1 aromatic heterocycles. The number of aromatic nitrogens is 3. The van der Waals surface area contributed by atoms with E-state index in [4.69, 9.17) is 0 Å². The number of carbonyl (C=O) groups excluding carboxylic acids is 1. The predicted molar refractivity (Wildman–Crippen MR) is 99.3 cm³/mol. The number of para-hydroxylation sites is 1. The van der Waals surface area contributed by atoms with E-state index in [1.165, 1.54) is 0 Å². The summed E-state index contributed by atoms with van der Waals surface area (Å²) >= 11 is 1.15. The van der Waals surface area contributed by atoms with Gasteiger partial charge in [-0.3, -0.25) is 4.79 Å². The third-order valence-corrected chi connectivity index (χ3v) is 5.35. The lowest BCUT2D eigenvalue weighted by molar-refractivity contribution is 0.0989. The van der Waals surface area contributed by atoms with E-state index >= 15 is 0 Å². The van der Waals surface area contributed by atoms with Crippen LogP contribution in [0, 0.1) is 11.6 Å². The highest BCUT2D eigenvalue weighted by Crippen LogP contribution is 2.40. The van der Waals surface area contributed by atoms with Crippen LogP contribution < -0.4 is 0 Å². The Kier molecular flexibility index (Phi) is 4.78. The molecule has 27 heavy (non-hydrogen) atoms. The van der Waals surface area contributed by atoms with Gasteiger partial charge >= 0.3 is 0 Å². The van der Waals surface area contributed by atoms with Crippen molar-refractivity contribution < 1.29 is 13.6 Å². The average Bonchev–Trinajstić information content (AvgIpc) is 3.44. The summed E-state index contributed by atoms with van der Waals surface area (Å²) in [6.45, 7) is 1.65. The fourth-order valence-electron chi connectivity index (χ4n) is 2.84. The molecule has 0 amide bonds. The minimum absolute atomic E-state index is 0.250. The second-order valence-corrected chi connectivity index (χ2v) is 7.83. The van der Waals surface area contributed by atoms with Crippen LogP contribution in [0.5, 0.6) is 0 Å². The van der Waals surface area contributed by atoms with Crippen molar-refractivity contribution in [2.45, 2.75) is 36.1 Å². The molecule has 1 aliphatic rings. The highest BCUT2D eigenvalue weighted by molar-refractivity contribution is 8.00. The molecule has 0 N–H and O–H groups in total. The molecule has 1 atom stereocenters. The number of ketones is 1. The molecule has 1 unspecified atom stereocenters. The topological polar surface area (TPSA) is 47.8 Å². The van der Waals surface area contributed by atoms with Gasteiger partial charge in [-0.15, -0.1) is 5.10 Å². The first-order chi connectivity index (χ1) is 13.0. The number of rotatable bonds is 6. The number of benzene rings is 2. The first-order valence-electron chi connectivity index (χ1n) is 8.71. The Hall–Kier alpha value is -2.54. The summed E-state index contributed by atoms with van der Waals surface area (Å²) in [5.74, 6) is -0.602. The third-order valence-electron chi connectivity index (χ3n) is 4.40. The molecule has 0 aliphatic heterocycles. The van der Waals surface area contributed by atoms with Crippen molar-refractivity contribution in [1.29, 1.82) is 0 Å². The second-order valence-electron chi connectivity index (χ2n) is 6.52. The maximum Gasteiger partial charge on any atom is 0.209 e. The van der Waals surface area contributed by atoms with Crippen molar-refractivity contribution >= 4 is 17.5 Å². The Morgan fingerprint density at radius 1 is 1.19 bits per heavy atom. The molecule has 1 saturated carbocycles. The maximum absolute atomic E-state index is 13.9. The lowest BCUT2D eigenvalue weighted by Gasteiger charge is -2.08. The fourth-order valence-corrected chi connectivity index (χ4v) is 3.66. The number of thioether (sulfide) groups is 1. The Morgan fingerprint density at radius 2 is 1.93 bits per heavy atom. The minimum Gasteiger partial charge on any atom is -0.293 e. The van der Waals surface area contributed by atoms with Crippen molar-refractivity contribution in [2.75, 3.05) is 0 Å². The highest BCUT2D eigenvalue weighted by atomic mass is 32.2. The molecule has 4 rings (SSSR count). The van der Waals surface area contributed by atoms with Gasteiger partial charge in [-0.2, -0.15) is 0 Å². The van der Waals surface area contributed by atoms with Gasteiger partial charge in [-0.1, -0.05) is 30.0 Å². The molecule has 7 heteroatoms. The average molecular weight is 385 g/mol. The molecule has 3 aromatic rings. The summed E-state index contributed by atoms with van der Waals surface area (Å²) in [4.78, 5) is 17.1. The first-order valence-corrected chi connectivity index (χ1v) is 9.59. The molecule has 1 fully saturated rings. The van der Waals surface area contributed by atoms with E-state index < -0.39 is 22.7 Å². The lowest BCUT2D eigenvalue weighted by atomic mass is 10.1. The number of Topliss-reactive ketones (excluding diaryl/α,β-unsaturated/α-hetero) is 1. The molecule has 1 heterocycles. The Balaban J connectivity index is 1.59. The zero-order valence-electron chi connectivity index (χ0n) is 14.6. The quantitative estimate of drug-likeness (QED) is 0.452. The third kappa shape index (κ3) is 3.78. The normalized spacial score (nSPS) is 14.9. The summed E-state index contributed by atoms with van der Waals surface area (Å²) in [5, 5.41) is 4.36. The molecule has 4 nitrogen and oxygen atoms in total. The smallest absolute Gasteiger partial charge is 0.209 e. The number of hydrogen-bond donors (Lipinski definition) is 0. The maximum atomic E-state index is 13.9. The summed E-state index contributed by atoms with van der Waals surface area (Å²) in [6, 6.07) is 12.6. The van der Waals surface area contributed by atoms with Gasteiger partial charge < -0.3 is 0 Å². The summed E-state index contributed by atoms with van der Waals surface area (Å²) in [7, 11) is 0. The van der Waals surface area contributed by atoms with Crippen molar-refractivity contribution in [3.05, 3.63) is 71.6 Å². The van der Waals surface area contributed by atoms with Gasteiger partial charge in [0.25, 0.3) is 0 Å². The van der Waals surface area contributed by atoms with E-state index in [1.807, 2.05) is 30.3 Å². The van der Waals surface area contributed by atoms with Crippen LogP contribution in [-0.4, -0.2) is 25.8 Å². The van der Waals surface area contributed by atoms with Crippen LogP contribution in [0.3, 0.4) is 0 Å². The van der Waals surface area contributed by atoms with Gasteiger partial charge in [0.1, 0.15) is 17.5 Å². The standard InChI is InChI=1S/C20H17F2N3OS/c1-12(18(26)16-11-14(21)9-10-17(16)22)27-20-23-19(13-7-8-13)25(24-20)15-5-3-2-4-6-15/h2-6,9-13H,7-8H2,1H3. The van der Waals surface area contributed by atoms with Crippen LogP contribution in [0.25, 0.3) is 5.69 Å². The highest BCUT2D eigenvalue weighted by Gasteiger charge is 2.31. The second kappa shape index (κ2) is 7.23. The van der Waals surface area contributed by atoms with Crippen LogP contribution in [-0.2, 0) is 0 Å². The number of nitrogens with zero attached hydrogens (tertiary/aromatic N) is 3. The van der Waals surface area contributed by atoms with E-state index in [9.17, 15) is 13.6 Å². The van der Waals surface area contributed by atoms with Gasteiger partial charge in [0.2, 0.25) is 5.16 Å². The van der Waals surface area contributed by atoms with Gasteiger partial charge in [0, 0.05) is 5.92 Å².